The molecule has 3 nitrogen and oxygen atoms in total. The van der Waals surface area contributed by atoms with Gasteiger partial charge in [0.2, 0.25) is 0 Å². The summed E-state index contributed by atoms with van der Waals surface area (Å²) in [5.41, 5.74) is 0. The third-order valence-electron chi connectivity index (χ3n) is 0.701. The lowest BCUT2D eigenvalue weighted by atomic mass is 10.6. The zero-order valence-corrected chi connectivity index (χ0v) is 6.14. The van der Waals surface area contributed by atoms with Crippen LogP contribution in [-0.4, -0.2) is 19.4 Å². The van der Waals surface area contributed by atoms with Gasteiger partial charge >= 0.3 is 6.16 Å². The van der Waals surface area contributed by atoms with Crippen LogP contribution in [0.4, 0.5) is 4.79 Å². The molecule has 0 spiro atoms. The quantitative estimate of drug-likeness (QED) is 0.429. The predicted molar refractivity (Wildman–Crippen MR) is 36.4 cm³/mol. The summed E-state index contributed by atoms with van der Waals surface area (Å²) < 4.78 is 8.95. The van der Waals surface area contributed by atoms with Crippen LogP contribution in [0.1, 0.15) is 13.8 Å². The average Bonchev–Trinajstić information content (AvgIpc) is 1.89. The Morgan fingerprint density at radius 1 is 1.50 bits per heavy atom. The van der Waals surface area contributed by atoms with Crippen molar-refractivity contribution in [1.82, 2.24) is 0 Å². The first-order chi connectivity index (χ1) is 4.81. The minimum absolute atomic E-state index is 0.106. The molecule has 0 fully saturated rings. The van der Waals surface area contributed by atoms with Gasteiger partial charge in [-0.25, -0.2) is 4.79 Å². The molecular weight excluding hydrogens is 132 g/mol. The average molecular weight is 142 g/mol. The van der Waals surface area contributed by atoms with Gasteiger partial charge in [0.25, 0.3) is 0 Å². The first-order valence-corrected chi connectivity index (χ1v) is 3.00. The summed E-state index contributed by atoms with van der Waals surface area (Å²) in [6.07, 6.45) is -0.662. The second kappa shape index (κ2) is 5.96. The van der Waals surface area contributed by atoms with Gasteiger partial charge in [0, 0.05) is 0 Å². The van der Waals surface area contributed by atoms with Crippen LogP contribution in [0.25, 0.3) is 0 Å². The lowest BCUT2D eigenvalue weighted by Gasteiger charge is -1.98. The van der Waals surface area contributed by atoms with Crippen LogP contribution in [0.2, 0.25) is 0 Å². The Labute approximate surface area is 60.3 Å². The SMILES string of the molecule is CC#CCOC(=O)OCC. The van der Waals surface area contributed by atoms with E-state index in [0.717, 1.165) is 0 Å². The minimum atomic E-state index is -0.662. The molecule has 0 rings (SSSR count). The third-order valence-corrected chi connectivity index (χ3v) is 0.701. The predicted octanol–water partition coefficient (Wildman–Crippen LogP) is 1.18. The largest absolute Gasteiger partial charge is 0.509 e. The van der Waals surface area contributed by atoms with Crippen LogP contribution in [0.3, 0.4) is 0 Å². The summed E-state index contributed by atoms with van der Waals surface area (Å²) in [6.45, 7) is 3.83. The fourth-order valence-electron chi connectivity index (χ4n) is 0.327. The van der Waals surface area contributed by atoms with Gasteiger partial charge in [0.05, 0.1) is 6.61 Å². The van der Waals surface area contributed by atoms with E-state index < -0.39 is 6.16 Å². The molecule has 0 aliphatic carbocycles. The van der Waals surface area contributed by atoms with E-state index in [1.54, 1.807) is 13.8 Å². The van der Waals surface area contributed by atoms with Crippen molar-refractivity contribution in [1.29, 1.82) is 0 Å². The Morgan fingerprint density at radius 3 is 2.70 bits per heavy atom. The fourth-order valence-corrected chi connectivity index (χ4v) is 0.327. The molecule has 3 heteroatoms. The molecule has 0 amide bonds. The van der Waals surface area contributed by atoms with E-state index in [2.05, 4.69) is 21.3 Å². The molecule has 0 aromatic heterocycles. The first-order valence-electron chi connectivity index (χ1n) is 3.00. The fraction of sp³-hybridized carbons (Fsp3) is 0.571. The molecule has 0 atom stereocenters. The van der Waals surface area contributed by atoms with Gasteiger partial charge in [-0.3, -0.25) is 0 Å². The van der Waals surface area contributed by atoms with Gasteiger partial charge in [-0.15, -0.1) is 5.92 Å². The van der Waals surface area contributed by atoms with E-state index in [1.807, 2.05) is 0 Å². The van der Waals surface area contributed by atoms with Crippen molar-refractivity contribution in [3.05, 3.63) is 0 Å². The first kappa shape index (κ1) is 8.83. The van der Waals surface area contributed by atoms with Crippen LogP contribution >= 0.6 is 0 Å². The molecule has 0 aliphatic rings. The zero-order chi connectivity index (χ0) is 7.82. The van der Waals surface area contributed by atoms with E-state index in [0.29, 0.717) is 6.61 Å². The Balaban J connectivity index is 3.27. The zero-order valence-electron chi connectivity index (χ0n) is 6.14. The Bertz CT molecular complexity index is 152. The van der Waals surface area contributed by atoms with Crippen molar-refractivity contribution < 1.29 is 14.3 Å². The highest BCUT2D eigenvalue weighted by molar-refractivity contribution is 5.59. The van der Waals surface area contributed by atoms with Crippen LogP contribution < -0.4 is 0 Å². The van der Waals surface area contributed by atoms with E-state index in [9.17, 15) is 4.79 Å². The monoisotopic (exact) mass is 142 g/mol. The summed E-state index contributed by atoms with van der Waals surface area (Å²) in [5.74, 6) is 5.15. The molecule has 0 aliphatic heterocycles. The smallest absolute Gasteiger partial charge is 0.435 e. The van der Waals surface area contributed by atoms with Crippen molar-refractivity contribution >= 4 is 6.16 Å². The van der Waals surface area contributed by atoms with E-state index >= 15 is 0 Å². The molecule has 0 bridgehead atoms. The summed E-state index contributed by atoms with van der Waals surface area (Å²) in [4.78, 5) is 10.4. The van der Waals surface area contributed by atoms with Crippen molar-refractivity contribution in [3.63, 3.8) is 0 Å². The maximum absolute atomic E-state index is 10.4. The summed E-state index contributed by atoms with van der Waals surface area (Å²) >= 11 is 0. The number of rotatable bonds is 2. The molecule has 0 radical (unpaired) electrons. The second-order valence-electron chi connectivity index (χ2n) is 1.40. The van der Waals surface area contributed by atoms with E-state index in [1.165, 1.54) is 0 Å². The molecule has 0 unspecified atom stereocenters. The summed E-state index contributed by atoms with van der Waals surface area (Å²) in [6, 6.07) is 0. The maximum Gasteiger partial charge on any atom is 0.509 e. The molecule has 0 heterocycles. The third kappa shape index (κ3) is 4.98. The standard InChI is InChI=1S/C7H10O3/c1-3-5-6-10-7(8)9-4-2/h4,6H2,1-2H3. The van der Waals surface area contributed by atoms with Gasteiger partial charge in [-0.2, -0.15) is 0 Å². The molecule has 0 saturated carbocycles. The highest BCUT2D eigenvalue weighted by Gasteiger charge is 1.97. The molecule has 0 N–H and O–H groups in total. The van der Waals surface area contributed by atoms with Gasteiger partial charge in [0.1, 0.15) is 0 Å². The molecular formula is C7H10O3. The molecule has 0 aromatic carbocycles. The molecule has 10 heavy (non-hydrogen) atoms. The summed E-state index contributed by atoms with van der Waals surface area (Å²) in [7, 11) is 0. The van der Waals surface area contributed by atoms with E-state index in [-0.39, 0.29) is 6.61 Å². The van der Waals surface area contributed by atoms with Crippen LogP contribution in [0, 0.1) is 11.8 Å². The summed E-state index contributed by atoms with van der Waals surface area (Å²) in [5, 5.41) is 0. The lowest BCUT2D eigenvalue weighted by molar-refractivity contribution is 0.0687. The highest BCUT2D eigenvalue weighted by Crippen LogP contribution is 1.82. The van der Waals surface area contributed by atoms with Crippen molar-refractivity contribution in [2.24, 2.45) is 0 Å². The van der Waals surface area contributed by atoms with Crippen LogP contribution in [0.5, 0.6) is 0 Å². The number of carbonyl (C=O) groups excluding carboxylic acids is 1. The lowest BCUT2D eigenvalue weighted by Crippen LogP contribution is -2.06. The number of hydrogen-bond donors (Lipinski definition) is 0. The van der Waals surface area contributed by atoms with E-state index in [4.69, 9.17) is 0 Å². The molecule has 56 valence electrons. The second-order valence-corrected chi connectivity index (χ2v) is 1.40. The van der Waals surface area contributed by atoms with Gasteiger partial charge in [0.15, 0.2) is 6.61 Å². The Hall–Kier alpha value is -1.17. The topological polar surface area (TPSA) is 35.5 Å². The number of ether oxygens (including phenoxy) is 2. The molecule has 0 aromatic rings. The molecule has 0 saturated heterocycles. The van der Waals surface area contributed by atoms with Gasteiger partial charge in [-0.05, 0) is 13.8 Å². The van der Waals surface area contributed by atoms with Crippen molar-refractivity contribution in [3.8, 4) is 11.8 Å². The highest BCUT2D eigenvalue weighted by atomic mass is 16.7. The van der Waals surface area contributed by atoms with Gasteiger partial charge in [-0.1, -0.05) is 5.92 Å². The number of carbonyl (C=O) groups is 1. The Morgan fingerprint density at radius 2 is 2.20 bits per heavy atom. The van der Waals surface area contributed by atoms with Gasteiger partial charge < -0.3 is 9.47 Å². The number of hydrogen-bond acceptors (Lipinski definition) is 3. The van der Waals surface area contributed by atoms with Crippen LogP contribution in [-0.2, 0) is 9.47 Å². The Kier molecular flexibility index (Phi) is 5.26. The minimum Gasteiger partial charge on any atom is -0.435 e. The van der Waals surface area contributed by atoms with Crippen molar-refractivity contribution in [2.75, 3.05) is 13.2 Å². The van der Waals surface area contributed by atoms with Crippen LogP contribution in [0.15, 0.2) is 0 Å². The normalized spacial score (nSPS) is 7.40. The maximum atomic E-state index is 10.4. The van der Waals surface area contributed by atoms with Crippen molar-refractivity contribution in [2.45, 2.75) is 13.8 Å².